The monoisotopic (exact) mass is 406 g/mol. The molecule has 1 aromatic carbocycles. The van der Waals surface area contributed by atoms with E-state index in [0.717, 1.165) is 17.4 Å². The zero-order valence-electron chi connectivity index (χ0n) is 14.9. The van der Waals surface area contributed by atoms with E-state index < -0.39 is 46.3 Å². The summed E-state index contributed by atoms with van der Waals surface area (Å²) in [6, 6.07) is 7.85. The van der Waals surface area contributed by atoms with Gasteiger partial charge < -0.3 is 19.7 Å². The van der Waals surface area contributed by atoms with Crippen LogP contribution in [0.3, 0.4) is 0 Å². The van der Waals surface area contributed by atoms with E-state index in [1.54, 1.807) is 24.3 Å². The largest absolute Gasteiger partial charge is 0.614 e. The molecule has 0 saturated carbocycles. The Balaban J connectivity index is 1.74. The van der Waals surface area contributed by atoms with Crippen molar-refractivity contribution in [1.29, 1.82) is 0 Å². The highest BCUT2D eigenvalue weighted by atomic mass is 32.2. The number of aliphatic carboxylic acids is 1. The summed E-state index contributed by atoms with van der Waals surface area (Å²) in [5.41, 5.74) is 0.507. The first-order valence-corrected chi connectivity index (χ1v) is 9.80. The lowest BCUT2D eigenvalue weighted by Gasteiger charge is -2.48. The number of nitrogens with one attached hydrogen (secondary N) is 1. The highest BCUT2D eigenvalue weighted by Crippen LogP contribution is 2.36. The van der Waals surface area contributed by atoms with Crippen LogP contribution in [0.1, 0.15) is 12.5 Å². The lowest BCUT2D eigenvalue weighted by molar-refractivity contribution is -0.151. The molecule has 28 heavy (non-hydrogen) atoms. The van der Waals surface area contributed by atoms with E-state index in [0.29, 0.717) is 0 Å². The number of ether oxygens (including phenoxy) is 1. The first kappa shape index (κ1) is 19.9. The molecule has 0 spiro atoms. The van der Waals surface area contributed by atoms with Gasteiger partial charge in [-0.3, -0.25) is 19.3 Å². The normalized spacial score (nSPS) is 23.6. The molecular weight excluding hydrogens is 388 g/mol. The van der Waals surface area contributed by atoms with E-state index in [1.807, 2.05) is 6.07 Å². The number of carboxylic acid groups (broad SMARTS) is 1. The second-order valence-electron chi connectivity index (χ2n) is 6.37. The number of carbonyl (C=O) groups is 4. The van der Waals surface area contributed by atoms with Gasteiger partial charge in [-0.1, -0.05) is 30.3 Å². The average Bonchev–Trinajstić information content (AvgIpc) is 2.64. The van der Waals surface area contributed by atoms with E-state index in [2.05, 4.69) is 5.32 Å². The quantitative estimate of drug-likeness (QED) is 0.371. The molecule has 0 radical (unpaired) electrons. The van der Waals surface area contributed by atoms with Crippen LogP contribution in [-0.4, -0.2) is 62.1 Å². The summed E-state index contributed by atoms with van der Waals surface area (Å²) in [6.07, 6.45) is 0.0449. The number of hydrogen-bond acceptors (Lipinski definition) is 6. The molecule has 2 aliphatic rings. The predicted molar refractivity (Wildman–Crippen MR) is 97.0 cm³/mol. The van der Waals surface area contributed by atoms with Gasteiger partial charge in [-0.25, -0.2) is 4.79 Å². The zero-order chi connectivity index (χ0) is 20.4. The highest BCUT2D eigenvalue weighted by Gasteiger charge is 2.61. The average molecular weight is 406 g/mol. The highest BCUT2D eigenvalue weighted by molar-refractivity contribution is 7.92. The van der Waals surface area contributed by atoms with E-state index in [-0.39, 0.29) is 30.1 Å². The van der Waals surface area contributed by atoms with Crippen LogP contribution in [0.15, 0.2) is 41.6 Å². The molecule has 1 fully saturated rings. The molecule has 0 bridgehead atoms. The minimum Gasteiger partial charge on any atom is -0.614 e. The zero-order valence-corrected chi connectivity index (χ0v) is 15.7. The predicted octanol–water partition coefficient (Wildman–Crippen LogP) is -0.454. The minimum atomic E-state index is -1.65. The van der Waals surface area contributed by atoms with Crippen LogP contribution < -0.4 is 5.32 Å². The maximum atomic E-state index is 12.6. The summed E-state index contributed by atoms with van der Waals surface area (Å²) >= 11 is -1.65. The first-order valence-electron chi connectivity index (χ1n) is 8.41. The van der Waals surface area contributed by atoms with E-state index >= 15 is 0 Å². The van der Waals surface area contributed by atoms with Gasteiger partial charge in [0.25, 0.3) is 5.91 Å². The smallest absolute Gasteiger partial charge is 0.353 e. The van der Waals surface area contributed by atoms with E-state index in [9.17, 15) is 28.8 Å². The van der Waals surface area contributed by atoms with E-state index in [4.69, 9.17) is 4.74 Å². The second-order valence-corrected chi connectivity index (χ2v) is 7.90. The molecule has 1 unspecified atom stereocenters. The number of fused-ring (bicyclic) bond motifs is 1. The van der Waals surface area contributed by atoms with Gasteiger partial charge in [-0.2, -0.15) is 0 Å². The van der Waals surface area contributed by atoms with Gasteiger partial charge in [-0.15, -0.1) is 0 Å². The van der Waals surface area contributed by atoms with Crippen LogP contribution in [-0.2, 0) is 41.5 Å². The third-order valence-electron chi connectivity index (χ3n) is 4.38. The van der Waals surface area contributed by atoms with Crippen molar-refractivity contribution in [3.63, 3.8) is 0 Å². The SMILES string of the molecule is CC(=O)OCC1=C(C(=O)O)N2C(=O)[C@@H](NC(=O)Cc3ccccc3)[C@@H]2[S+]([O-])C1. The molecule has 10 heteroatoms. The van der Waals surface area contributed by atoms with Crippen molar-refractivity contribution in [2.24, 2.45) is 0 Å². The van der Waals surface area contributed by atoms with Crippen LogP contribution in [0.2, 0.25) is 0 Å². The maximum absolute atomic E-state index is 12.6. The van der Waals surface area contributed by atoms with Gasteiger partial charge in [0.05, 0.1) is 6.42 Å². The Morgan fingerprint density at radius 1 is 1.32 bits per heavy atom. The lowest BCUT2D eigenvalue weighted by Crippen LogP contribution is -2.75. The summed E-state index contributed by atoms with van der Waals surface area (Å²) in [5.74, 6) is -3.24. The summed E-state index contributed by atoms with van der Waals surface area (Å²) in [4.78, 5) is 48.3. The van der Waals surface area contributed by atoms with Crippen LogP contribution in [0.4, 0.5) is 0 Å². The van der Waals surface area contributed by atoms with Crippen LogP contribution in [0.25, 0.3) is 0 Å². The van der Waals surface area contributed by atoms with Crippen molar-refractivity contribution >= 4 is 34.9 Å². The number of hydrogen-bond donors (Lipinski definition) is 2. The van der Waals surface area contributed by atoms with Gasteiger partial charge in [0, 0.05) is 12.5 Å². The van der Waals surface area contributed by atoms with Gasteiger partial charge in [0.2, 0.25) is 11.3 Å². The van der Waals surface area contributed by atoms with Crippen LogP contribution >= 0.6 is 0 Å². The minimum absolute atomic E-state index is 0.0449. The Kier molecular flexibility index (Phi) is 5.71. The maximum Gasteiger partial charge on any atom is 0.353 e. The fourth-order valence-corrected chi connectivity index (χ4v) is 4.83. The third-order valence-corrected chi connectivity index (χ3v) is 6.04. The number of rotatable bonds is 6. The van der Waals surface area contributed by atoms with Crippen molar-refractivity contribution in [3.8, 4) is 0 Å². The van der Waals surface area contributed by atoms with Gasteiger partial charge >= 0.3 is 11.9 Å². The van der Waals surface area contributed by atoms with Crippen molar-refractivity contribution in [2.45, 2.75) is 24.8 Å². The molecule has 2 N–H and O–H groups in total. The lowest BCUT2D eigenvalue weighted by atomic mass is 10.0. The number of carbonyl (C=O) groups excluding carboxylic acids is 3. The standard InChI is InChI=1S/C18H18N2O7S/c1-10(21)27-8-12-9-28(26)17-14(16(23)20(17)15(12)18(24)25)19-13(22)7-11-5-3-2-4-6-11/h2-6,14,17H,7-9H2,1H3,(H,19,22)(H,24,25)/t14-,17+,28?/m1/s1. The van der Waals surface area contributed by atoms with E-state index in [1.165, 1.54) is 0 Å². The second kappa shape index (κ2) is 8.03. The number of nitrogens with zero attached hydrogens (tertiary/aromatic N) is 1. The Labute approximate surface area is 163 Å². The summed E-state index contributed by atoms with van der Waals surface area (Å²) in [7, 11) is 0. The van der Waals surface area contributed by atoms with Gasteiger partial charge in [0.15, 0.2) is 6.04 Å². The summed E-state index contributed by atoms with van der Waals surface area (Å²) in [6.45, 7) is 0.806. The Morgan fingerprint density at radius 3 is 2.61 bits per heavy atom. The molecule has 148 valence electrons. The van der Waals surface area contributed by atoms with Crippen molar-refractivity contribution < 1.29 is 33.6 Å². The molecular formula is C18H18N2O7S. The first-order chi connectivity index (χ1) is 13.3. The molecule has 2 aliphatic heterocycles. The number of benzene rings is 1. The van der Waals surface area contributed by atoms with Crippen molar-refractivity contribution in [1.82, 2.24) is 10.2 Å². The fraction of sp³-hybridized carbons (Fsp3) is 0.333. The molecule has 1 saturated heterocycles. The third kappa shape index (κ3) is 3.87. The number of β-lactam (4-membered cyclic amide) rings is 1. The fourth-order valence-electron chi connectivity index (χ4n) is 3.16. The van der Waals surface area contributed by atoms with Crippen LogP contribution in [0, 0.1) is 0 Å². The molecule has 0 aliphatic carbocycles. The molecule has 3 rings (SSSR count). The Morgan fingerprint density at radius 2 is 2.00 bits per heavy atom. The molecule has 2 amide bonds. The van der Waals surface area contributed by atoms with Gasteiger partial charge in [0.1, 0.15) is 18.1 Å². The van der Waals surface area contributed by atoms with Crippen LogP contribution in [0.5, 0.6) is 0 Å². The molecule has 9 nitrogen and oxygen atoms in total. The Bertz CT molecular complexity index is 855. The molecule has 1 aromatic rings. The summed E-state index contributed by atoms with van der Waals surface area (Å²) in [5, 5.41) is 11.1. The number of amides is 2. The number of carboxylic acids is 1. The molecule has 3 atom stereocenters. The van der Waals surface area contributed by atoms with Gasteiger partial charge in [-0.05, 0) is 16.7 Å². The molecule has 2 heterocycles. The van der Waals surface area contributed by atoms with Crippen molar-refractivity contribution in [3.05, 3.63) is 47.2 Å². The van der Waals surface area contributed by atoms with Crippen molar-refractivity contribution in [2.75, 3.05) is 12.4 Å². The summed E-state index contributed by atoms with van der Waals surface area (Å²) < 4.78 is 17.4. The topological polar surface area (TPSA) is 136 Å². The Hall–Kier alpha value is -2.85. The molecule has 0 aromatic heterocycles. The number of esters is 1.